The molecule has 20 heavy (non-hydrogen) atoms. The molecule has 1 unspecified atom stereocenters. The minimum atomic E-state index is 0.0946. The summed E-state index contributed by atoms with van der Waals surface area (Å²) < 4.78 is 5.16. The van der Waals surface area contributed by atoms with Crippen molar-refractivity contribution in [2.24, 2.45) is 5.73 Å². The van der Waals surface area contributed by atoms with Gasteiger partial charge in [0.05, 0.1) is 7.11 Å². The summed E-state index contributed by atoms with van der Waals surface area (Å²) in [7, 11) is 1.69. The minimum Gasteiger partial charge on any atom is -0.497 e. The van der Waals surface area contributed by atoms with Gasteiger partial charge in [-0.3, -0.25) is 0 Å². The molecule has 2 rings (SSSR count). The van der Waals surface area contributed by atoms with E-state index in [0.29, 0.717) is 0 Å². The average Bonchev–Trinajstić information content (AvgIpc) is 2.48. The Morgan fingerprint density at radius 1 is 1.15 bits per heavy atom. The molecule has 2 N–H and O–H groups in total. The number of nitrogens with two attached hydrogens (primary N) is 1. The monoisotopic (exact) mass is 287 g/mol. The van der Waals surface area contributed by atoms with E-state index in [1.807, 2.05) is 30.8 Å². The predicted octanol–water partition coefficient (Wildman–Crippen LogP) is 4.05. The number of hydrogen-bond donors (Lipinski definition) is 1. The summed E-state index contributed by atoms with van der Waals surface area (Å²) in [4.78, 5) is 1.29. The van der Waals surface area contributed by atoms with E-state index in [-0.39, 0.29) is 6.04 Å². The first kappa shape index (κ1) is 14.9. The molecule has 0 amide bonds. The molecule has 2 aromatic carbocycles. The topological polar surface area (TPSA) is 35.2 Å². The van der Waals surface area contributed by atoms with Gasteiger partial charge in [-0.25, -0.2) is 0 Å². The second-order valence-corrected chi connectivity index (χ2v) is 5.98. The van der Waals surface area contributed by atoms with Gasteiger partial charge in [-0.2, -0.15) is 0 Å². The van der Waals surface area contributed by atoms with Crippen LogP contribution in [0.4, 0.5) is 0 Å². The number of aryl methyl sites for hydroxylation is 1. The number of methoxy groups -OCH3 is 1. The van der Waals surface area contributed by atoms with Gasteiger partial charge in [-0.1, -0.05) is 24.3 Å². The molecule has 0 aliphatic carbocycles. The van der Waals surface area contributed by atoms with E-state index in [1.165, 1.54) is 16.0 Å². The van der Waals surface area contributed by atoms with E-state index in [2.05, 4.69) is 36.4 Å². The molecule has 0 bridgehead atoms. The molecule has 2 aromatic rings. The highest BCUT2D eigenvalue weighted by Crippen LogP contribution is 2.23. The SMILES string of the molecule is COc1ccc(CCSc2cccc(C(C)N)c2)cc1. The van der Waals surface area contributed by atoms with Gasteiger partial charge >= 0.3 is 0 Å². The Hall–Kier alpha value is -1.45. The fourth-order valence-electron chi connectivity index (χ4n) is 1.97. The van der Waals surface area contributed by atoms with Crippen LogP contribution >= 0.6 is 11.8 Å². The molecule has 0 aliphatic heterocycles. The van der Waals surface area contributed by atoms with Gasteiger partial charge in [0.15, 0.2) is 0 Å². The Labute approximate surface area is 125 Å². The van der Waals surface area contributed by atoms with Gasteiger partial charge in [-0.05, 0) is 48.7 Å². The van der Waals surface area contributed by atoms with Crippen molar-refractivity contribution in [1.29, 1.82) is 0 Å². The molecule has 0 saturated carbocycles. The van der Waals surface area contributed by atoms with Crippen LogP contribution in [-0.2, 0) is 6.42 Å². The third-order valence-corrected chi connectivity index (χ3v) is 4.20. The molecule has 0 radical (unpaired) electrons. The third-order valence-electron chi connectivity index (χ3n) is 3.20. The van der Waals surface area contributed by atoms with Crippen molar-refractivity contribution >= 4 is 11.8 Å². The van der Waals surface area contributed by atoms with Crippen molar-refractivity contribution in [3.05, 3.63) is 59.7 Å². The summed E-state index contributed by atoms with van der Waals surface area (Å²) >= 11 is 1.87. The quantitative estimate of drug-likeness (QED) is 0.814. The van der Waals surface area contributed by atoms with E-state index in [1.54, 1.807) is 7.11 Å². The van der Waals surface area contributed by atoms with Crippen LogP contribution in [-0.4, -0.2) is 12.9 Å². The first-order chi connectivity index (χ1) is 9.69. The van der Waals surface area contributed by atoms with Gasteiger partial charge in [0.2, 0.25) is 0 Å². The Kier molecular flexibility index (Phi) is 5.50. The highest BCUT2D eigenvalue weighted by atomic mass is 32.2. The fraction of sp³-hybridized carbons (Fsp3) is 0.294. The normalized spacial score (nSPS) is 12.2. The molecule has 0 fully saturated rings. The number of ether oxygens (including phenoxy) is 1. The molecule has 3 heteroatoms. The van der Waals surface area contributed by atoms with Gasteiger partial charge < -0.3 is 10.5 Å². The standard InChI is InChI=1S/C17H21NOS/c1-13(18)15-4-3-5-17(12-15)20-11-10-14-6-8-16(19-2)9-7-14/h3-9,12-13H,10-11,18H2,1-2H3. The minimum absolute atomic E-state index is 0.0946. The number of thioether (sulfide) groups is 1. The molecular weight excluding hydrogens is 266 g/mol. The molecular formula is C17H21NOS. The molecule has 0 spiro atoms. The maximum atomic E-state index is 5.91. The highest BCUT2D eigenvalue weighted by molar-refractivity contribution is 7.99. The molecule has 0 aromatic heterocycles. The summed E-state index contributed by atoms with van der Waals surface area (Å²) in [5, 5.41) is 0. The zero-order valence-electron chi connectivity index (χ0n) is 12.0. The lowest BCUT2D eigenvalue weighted by Gasteiger charge is -2.08. The molecule has 1 atom stereocenters. The van der Waals surface area contributed by atoms with Gasteiger partial charge in [0.1, 0.15) is 5.75 Å². The lowest BCUT2D eigenvalue weighted by molar-refractivity contribution is 0.414. The lowest BCUT2D eigenvalue weighted by atomic mass is 10.1. The third kappa shape index (κ3) is 4.29. The number of rotatable bonds is 6. The fourth-order valence-corrected chi connectivity index (χ4v) is 2.93. The zero-order chi connectivity index (χ0) is 14.4. The molecule has 2 nitrogen and oxygen atoms in total. The van der Waals surface area contributed by atoms with E-state index >= 15 is 0 Å². The second-order valence-electron chi connectivity index (χ2n) is 4.81. The Balaban J connectivity index is 1.87. The van der Waals surface area contributed by atoms with Crippen LogP contribution in [0.2, 0.25) is 0 Å². The van der Waals surface area contributed by atoms with Crippen molar-refractivity contribution in [1.82, 2.24) is 0 Å². The van der Waals surface area contributed by atoms with Crippen molar-refractivity contribution in [2.75, 3.05) is 12.9 Å². The van der Waals surface area contributed by atoms with Crippen LogP contribution in [0.5, 0.6) is 5.75 Å². The Morgan fingerprint density at radius 2 is 1.90 bits per heavy atom. The lowest BCUT2D eigenvalue weighted by Crippen LogP contribution is -2.04. The van der Waals surface area contributed by atoms with Gasteiger partial charge in [-0.15, -0.1) is 11.8 Å². The van der Waals surface area contributed by atoms with E-state index in [0.717, 1.165) is 17.9 Å². The summed E-state index contributed by atoms with van der Waals surface area (Å²) in [6.07, 6.45) is 1.05. The molecule has 0 saturated heterocycles. The van der Waals surface area contributed by atoms with Crippen LogP contribution in [0, 0.1) is 0 Å². The summed E-state index contributed by atoms with van der Waals surface area (Å²) in [6, 6.07) is 16.8. The number of benzene rings is 2. The van der Waals surface area contributed by atoms with E-state index in [4.69, 9.17) is 10.5 Å². The van der Waals surface area contributed by atoms with Gasteiger partial charge in [0, 0.05) is 16.7 Å². The molecule has 106 valence electrons. The highest BCUT2D eigenvalue weighted by Gasteiger charge is 2.01. The maximum absolute atomic E-state index is 5.91. The summed E-state index contributed by atoms with van der Waals surface area (Å²) in [5.74, 6) is 1.97. The second kappa shape index (κ2) is 7.36. The predicted molar refractivity (Wildman–Crippen MR) is 86.5 cm³/mol. The van der Waals surface area contributed by atoms with Crippen LogP contribution in [0.15, 0.2) is 53.4 Å². The van der Waals surface area contributed by atoms with Gasteiger partial charge in [0.25, 0.3) is 0 Å². The van der Waals surface area contributed by atoms with Crippen molar-refractivity contribution in [3.8, 4) is 5.75 Å². The summed E-state index contributed by atoms with van der Waals surface area (Å²) in [5.41, 5.74) is 8.44. The maximum Gasteiger partial charge on any atom is 0.118 e. The first-order valence-electron chi connectivity index (χ1n) is 6.80. The zero-order valence-corrected chi connectivity index (χ0v) is 12.8. The first-order valence-corrected chi connectivity index (χ1v) is 7.79. The van der Waals surface area contributed by atoms with Crippen LogP contribution in [0.25, 0.3) is 0 Å². The Bertz CT molecular complexity index is 537. The van der Waals surface area contributed by atoms with Crippen molar-refractivity contribution in [2.45, 2.75) is 24.3 Å². The van der Waals surface area contributed by atoms with Crippen LogP contribution in [0.3, 0.4) is 0 Å². The van der Waals surface area contributed by atoms with Crippen molar-refractivity contribution < 1.29 is 4.74 Å². The summed E-state index contributed by atoms with van der Waals surface area (Å²) in [6.45, 7) is 2.02. The van der Waals surface area contributed by atoms with Crippen LogP contribution < -0.4 is 10.5 Å². The van der Waals surface area contributed by atoms with Crippen LogP contribution in [0.1, 0.15) is 24.1 Å². The average molecular weight is 287 g/mol. The number of hydrogen-bond acceptors (Lipinski definition) is 3. The largest absolute Gasteiger partial charge is 0.497 e. The smallest absolute Gasteiger partial charge is 0.118 e. The van der Waals surface area contributed by atoms with E-state index < -0.39 is 0 Å². The molecule has 0 aliphatic rings. The van der Waals surface area contributed by atoms with Crippen molar-refractivity contribution in [3.63, 3.8) is 0 Å². The Morgan fingerprint density at radius 3 is 2.55 bits per heavy atom. The van der Waals surface area contributed by atoms with E-state index in [9.17, 15) is 0 Å². The molecule has 0 heterocycles.